The molecule has 2 aliphatic rings. The Kier molecular flexibility index (Phi) is 4.96. The van der Waals surface area contributed by atoms with Gasteiger partial charge in [0.15, 0.2) is 0 Å². The number of carbonyl (C=O) groups excluding carboxylic acids is 2. The zero-order valence-corrected chi connectivity index (χ0v) is 18.1. The van der Waals surface area contributed by atoms with Crippen LogP contribution in [0.25, 0.3) is 22.3 Å². The zero-order chi connectivity index (χ0) is 21.8. The highest BCUT2D eigenvalue weighted by Crippen LogP contribution is 2.37. The molecule has 0 radical (unpaired) electrons. The zero-order valence-electron chi connectivity index (χ0n) is 16.6. The highest BCUT2D eigenvalue weighted by atomic mass is 35.5. The molecule has 1 aromatic heterocycles. The third kappa shape index (κ3) is 3.80. The first kappa shape index (κ1) is 20.4. The Morgan fingerprint density at radius 1 is 0.935 bits per heavy atom. The lowest BCUT2D eigenvalue weighted by molar-refractivity contribution is -0.143. The van der Waals surface area contributed by atoms with Crippen molar-refractivity contribution in [1.29, 1.82) is 0 Å². The Bertz CT molecular complexity index is 1190. The van der Waals surface area contributed by atoms with E-state index in [4.69, 9.17) is 27.6 Å². The molecule has 3 aromatic rings. The Hall–Kier alpha value is -2.54. The van der Waals surface area contributed by atoms with Gasteiger partial charge >= 0.3 is 0 Å². The first-order chi connectivity index (χ1) is 14.8. The molecule has 31 heavy (non-hydrogen) atoms. The molecule has 5 rings (SSSR count). The second-order valence-corrected chi connectivity index (χ2v) is 8.95. The summed E-state index contributed by atoms with van der Waals surface area (Å²) in [6.45, 7) is 1.63. The molecule has 1 aliphatic carbocycles. The molecule has 0 spiro atoms. The van der Waals surface area contributed by atoms with E-state index >= 15 is 0 Å². The number of amides is 2. The summed E-state index contributed by atoms with van der Waals surface area (Å²) in [6, 6.07) is 12.6. The van der Waals surface area contributed by atoms with Crippen molar-refractivity contribution in [3.05, 3.63) is 58.1 Å². The van der Waals surface area contributed by atoms with Crippen LogP contribution in [0.1, 0.15) is 23.2 Å². The third-order valence-electron chi connectivity index (χ3n) is 5.94. The predicted molar refractivity (Wildman–Crippen MR) is 118 cm³/mol. The summed E-state index contributed by atoms with van der Waals surface area (Å²) >= 11 is 12.5. The molecule has 160 valence electrons. The van der Waals surface area contributed by atoms with Gasteiger partial charge in [0.1, 0.15) is 16.9 Å². The average Bonchev–Trinajstić information content (AvgIpc) is 3.38. The van der Waals surface area contributed by atoms with E-state index in [1.54, 1.807) is 40.1 Å². The average molecular weight is 459 g/mol. The summed E-state index contributed by atoms with van der Waals surface area (Å²) in [5, 5.41) is 11.9. The number of hydrogen-bond donors (Lipinski definition) is 1. The molecule has 2 aromatic carbocycles. The second-order valence-electron chi connectivity index (χ2n) is 8.10. The van der Waals surface area contributed by atoms with Crippen LogP contribution in [0.5, 0.6) is 0 Å². The summed E-state index contributed by atoms with van der Waals surface area (Å²) in [7, 11) is 0. The van der Waals surface area contributed by atoms with E-state index in [0.717, 1.165) is 10.9 Å². The van der Waals surface area contributed by atoms with E-state index in [-0.39, 0.29) is 11.8 Å². The lowest BCUT2D eigenvalue weighted by atomic mass is 10.1. The molecule has 1 aliphatic heterocycles. The van der Waals surface area contributed by atoms with Gasteiger partial charge in [-0.15, -0.1) is 0 Å². The normalized spacial score (nSPS) is 17.8. The molecular weight excluding hydrogens is 439 g/mol. The molecule has 2 heterocycles. The number of fused-ring (bicyclic) bond motifs is 1. The summed E-state index contributed by atoms with van der Waals surface area (Å²) in [5.74, 6) is 0.238. The Balaban J connectivity index is 1.30. The van der Waals surface area contributed by atoms with Crippen molar-refractivity contribution in [1.82, 2.24) is 9.80 Å². The second kappa shape index (κ2) is 7.55. The number of hydrogen-bond acceptors (Lipinski definition) is 4. The van der Waals surface area contributed by atoms with Crippen LogP contribution in [0, 0.1) is 0 Å². The minimum Gasteiger partial charge on any atom is -0.456 e. The first-order valence-corrected chi connectivity index (χ1v) is 10.9. The number of furan rings is 1. The molecule has 8 heteroatoms. The van der Waals surface area contributed by atoms with Crippen molar-refractivity contribution in [3.8, 4) is 11.3 Å². The van der Waals surface area contributed by atoms with Gasteiger partial charge in [-0.2, -0.15) is 0 Å². The lowest BCUT2D eigenvalue weighted by Gasteiger charge is -2.36. The summed E-state index contributed by atoms with van der Waals surface area (Å²) in [4.78, 5) is 28.6. The largest absolute Gasteiger partial charge is 0.456 e. The number of carbonyl (C=O) groups is 2. The fraction of sp³-hybridized carbons (Fsp3) is 0.304. The fourth-order valence-electron chi connectivity index (χ4n) is 3.90. The monoisotopic (exact) mass is 458 g/mol. The maximum Gasteiger partial charge on any atom is 0.255 e. The van der Waals surface area contributed by atoms with Gasteiger partial charge in [-0.05, 0) is 43.2 Å². The molecule has 1 N–H and O–H groups in total. The highest BCUT2D eigenvalue weighted by molar-refractivity contribution is 6.34. The number of nitrogens with zero attached hydrogens (tertiary/aromatic N) is 2. The molecule has 2 amide bonds. The van der Waals surface area contributed by atoms with Crippen molar-refractivity contribution in [2.75, 3.05) is 26.2 Å². The minimum absolute atomic E-state index is 0.176. The number of rotatable bonds is 3. The van der Waals surface area contributed by atoms with Crippen molar-refractivity contribution in [3.63, 3.8) is 0 Å². The summed E-state index contributed by atoms with van der Waals surface area (Å²) < 4.78 is 5.88. The lowest BCUT2D eigenvalue weighted by Crippen LogP contribution is -2.53. The van der Waals surface area contributed by atoms with Crippen LogP contribution in [0.2, 0.25) is 10.0 Å². The quantitative estimate of drug-likeness (QED) is 0.637. The van der Waals surface area contributed by atoms with Crippen molar-refractivity contribution in [2.24, 2.45) is 0 Å². The molecule has 6 nitrogen and oxygen atoms in total. The topological polar surface area (TPSA) is 74.0 Å². The van der Waals surface area contributed by atoms with E-state index in [0.29, 0.717) is 66.0 Å². The molecule has 0 bridgehead atoms. The Morgan fingerprint density at radius 3 is 2.32 bits per heavy atom. The molecule has 0 unspecified atom stereocenters. The fourth-order valence-corrected chi connectivity index (χ4v) is 4.32. The van der Waals surface area contributed by atoms with Crippen LogP contribution in [0.3, 0.4) is 0 Å². The number of piperazine rings is 1. The smallest absolute Gasteiger partial charge is 0.255 e. The van der Waals surface area contributed by atoms with Gasteiger partial charge in [-0.3, -0.25) is 9.59 Å². The van der Waals surface area contributed by atoms with Crippen molar-refractivity contribution < 1.29 is 19.1 Å². The molecule has 2 fully saturated rings. The maximum atomic E-state index is 13.0. The first-order valence-electron chi connectivity index (χ1n) is 10.1. The van der Waals surface area contributed by atoms with Crippen LogP contribution >= 0.6 is 23.2 Å². The van der Waals surface area contributed by atoms with Crippen LogP contribution in [-0.4, -0.2) is 58.5 Å². The van der Waals surface area contributed by atoms with Gasteiger partial charge in [0.25, 0.3) is 11.8 Å². The summed E-state index contributed by atoms with van der Waals surface area (Å²) in [5.41, 5.74) is 0.682. The van der Waals surface area contributed by atoms with Gasteiger partial charge in [0.05, 0.1) is 10.6 Å². The maximum absolute atomic E-state index is 13.0. The van der Waals surface area contributed by atoms with Crippen LogP contribution in [-0.2, 0) is 4.79 Å². The Morgan fingerprint density at radius 2 is 1.65 bits per heavy atom. The number of benzene rings is 2. The van der Waals surface area contributed by atoms with E-state index < -0.39 is 5.60 Å². The standard InChI is InChI=1S/C23H20Cl2N2O4/c24-16-3-1-15-12-19(31-20(15)13-16)14-2-4-17(18(25)11-14)21(28)26-7-9-27(10-8-26)22(29)23(30)5-6-23/h1-4,11-13,30H,5-10H2. The van der Waals surface area contributed by atoms with Crippen molar-refractivity contribution >= 4 is 46.0 Å². The van der Waals surface area contributed by atoms with Crippen LogP contribution in [0.15, 0.2) is 46.9 Å². The van der Waals surface area contributed by atoms with Crippen LogP contribution in [0.4, 0.5) is 0 Å². The van der Waals surface area contributed by atoms with Gasteiger partial charge < -0.3 is 19.3 Å². The van der Waals surface area contributed by atoms with Gasteiger partial charge in [0, 0.05) is 48.2 Å². The predicted octanol–water partition coefficient (Wildman–Crippen LogP) is 4.22. The number of aliphatic hydroxyl groups is 1. The summed E-state index contributed by atoms with van der Waals surface area (Å²) in [6.07, 6.45) is 1.04. The van der Waals surface area contributed by atoms with E-state index in [9.17, 15) is 14.7 Å². The SMILES string of the molecule is O=C(c1ccc(-c2cc3ccc(Cl)cc3o2)cc1Cl)N1CCN(C(=O)C2(O)CC2)CC1. The highest BCUT2D eigenvalue weighted by Gasteiger charge is 2.50. The Labute approximate surface area is 188 Å². The third-order valence-corrected chi connectivity index (χ3v) is 6.49. The van der Waals surface area contributed by atoms with E-state index in [1.165, 1.54) is 0 Å². The van der Waals surface area contributed by atoms with Crippen LogP contribution < -0.4 is 0 Å². The van der Waals surface area contributed by atoms with E-state index in [1.807, 2.05) is 12.1 Å². The molecule has 1 saturated heterocycles. The minimum atomic E-state index is -1.17. The van der Waals surface area contributed by atoms with Crippen molar-refractivity contribution in [2.45, 2.75) is 18.4 Å². The molecule has 1 saturated carbocycles. The number of halogens is 2. The van der Waals surface area contributed by atoms with E-state index in [2.05, 4.69) is 0 Å². The molecule has 0 atom stereocenters. The van der Waals surface area contributed by atoms with Gasteiger partial charge in [-0.25, -0.2) is 0 Å². The van der Waals surface area contributed by atoms with Gasteiger partial charge in [0.2, 0.25) is 0 Å². The van der Waals surface area contributed by atoms with Gasteiger partial charge in [-0.1, -0.05) is 29.3 Å². The molecular formula is C23H20Cl2N2O4.